The number of aryl methyl sites for hydroxylation is 1. The van der Waals surface area contributed by atoms with E-state index in [1.807, 2.05) is 24.0 Å². The number of hydrogen-bond donors (Lipinski definition) is 2. The highest BCUT2D eigenvalue weighted by Gasteiger charge is 2.09. The molecule has 1 aromatic carbocycles. The molecule has 6 heteroatoms. The first kappa shape index (κ1) is 14.2. The van der Waals surface area contributed by atoms with Gasteiger partial charge >= 0.3 is 5.97 Å². The van der Waals surface area contributed by atoms with Crippen LogP contribution in [0.25, 0.3) is 10.9 Å². The topological polar surface area (TPSA) is 86.3 Å². The fourth-order valence-corrected chi connectivity index (χ4v) is 2.05. The van der Waals surface area contributed by atoms with Gasteiger partial charge in [-0.2, -0.15) is 0 Å². The number of carboxylic acids is 1. The predicted octanol–water partition coefficient (Wildman–Crippen LogP) is 1.14. The molecule has 2 aromatic rings. The number of fused-ring (bicyclic) bond motifs is 1. The molecule has 2 N–H and O–H groups in total. The van der Waals surface area contributed by atoms with Crippen LogP contribution in [0, 0.1) is 6.92 Å². The molecule has 1 heterocycles. The zero-order chi connectivity index (χ0) is 14.7. The maximum Gasteiger partial charge on any atom is 0.304 e. The average Bonchev–Trinajstić information content (AvgIpc) is 2.38. The van der Waals surface area contributed by atoms with Gasteiger partial charge in [0.15, 0.2) is 0 Å². The van der Waals surface area contributed by atoms with Crippen LogP contribution in [0.1, 0.15) is 17.8 Å². The standard InChI is InChI=1S/C14H17N3O3/c1-9-4-3-5-10-13(9)15-11(16-14(10)20)8-17(2)7-6-12(18)19/h3-5H,6-8H2,1-2H3,(H,18,19)(H,15,16,20). The van der Waals surface area contributed by atoms with Gasteiger partial charge in [0.1, 0.15) is 5.82 Å². The molecule has 2 rings (SSSR count). The van der Waals surface area contributed by atoms with Crippen LogP contribution in [0.3, 0.4) is 0 Å². The molecule has 0 radical (unpaired) electrons. The van der Waals surface area contributed by atoms with E-state index < -0.39 is 5.97 Å². The Morgan fingerprint density at radius 3 is 2.90 bits per heavy atom. The van der Waals surface area contributed by atoms with Crippen LogP contribution in [-0.4, -0.2) is 39.5 Å². The lowest BCUT2D eigenvalue weighted by Crippen LogP contribution is -2.24. The van der Waals surface area contributed by atoms with E-state index in [4.69, 9.17) is 5.11 Å². The fourth-order valence-electron chi connectivity index (χ4n) is 2.05. The van der Waals surface area contributed by atoms with Crippen molar-refractivity contribution in [3.8, 4) is 0 Å². The van der Waals surface area contributed by atoms with Gasteiger partial charge in [-0.05, 0) is 25.6 Å². The van der Waals surface area contributed by atoms with Crippen LogP contribution in [0.15, 0.2) is 23.0 Å². The number of H-pyrrole nitrogens is 1. The molecule has 0 bridgehead atoms. The van der Waals surface area contributed by atoms with Crippen LogP contribution in [0.5, 0.6) is 0 Å². The second-order valence-electron chi connectivity index (χ2n) is 4.87. The Morgan fingerprint density at radius 1 is 1.45 bits per heavy atom. The van der Waals surface area contributed by atoms with E-state index in [9.17, 15) is 9.59 Å². The van der Waals surface area contributed by atoms with E-state index in [-0.39, 0.29) is 12.0 Å². The van der Waals surface area contributed by atoms with Crippen LogP contribution in [-0.2, 0) is 11.3 Å². The monoisotopic (exact) mass is 275 g/mol. The lowest BCUT2D eigenvalue weighted by atomic mass is 10.1. The highest BCUT2D eigenvalue weighted by molar-refractivity contribution is 5.80. The van der Waals surface area contributed by atoms with Crippen molar-refractivity contribution >= 4 is 16.9 Å². The summed E-state index contributed by atoms with van der Waals surface area (Å²) in [5, 5.41) is 9.22. The first-order valence-electron chi connectivity index (χ1n) is 6.36. The molecule has 0 amide bonds. The minimum atomic E-state index is -0.840. The number of hydrogen-bond acceptors (Lipinski definition) is 4. The van der Waals surface area contributed by atoms with Crippen molar-refractivity contribution in [2.45, 2.75) is 19.9 Å². The summed E-state index contributed by atoms with van der Waals surface area (Å²) in [5.41, 5.74) is 1.47. The number of aromatic nitrogens is 2. The molecule has 0 aliphatic rings. The average molecular weight is 275 g/mol. The molecule has 0 saturated carbocycles. The van der Waals surface area contributed by atoms with Gasteiger partial charge in [-0.25, -0.2) is 4.98 Å². The van der Waals surface area contributed by atoms with Gasteiger partial charge in [-0.3, -0.25) is 14.5 Å². The second kappa shape index (κ2) is 5.83. The smallest absolute Gasteiger partial charge is 0.304 e. The third kappa shape index (κ3) is 3.21. The third-order valence-electron chi connectivity index (χ3n) is 3.11. The van der Waals surface area contributed by atoms with Crippen molar-refractivity contribution in [2.75, 3.05) is 13.6 Å². The Hall–Kier alpha value is -2.21. The molecule has 106 valence electrons. The Bertz CT molecular complexity index is 694. The summed E-state index contributed by atoms with van der Waals surface area (Å²) in [6.07, 6.45) is 0.0628. The van der Waals surface area contributed by atoms with Gasteiger partial charge in [0.05, 0.1) is 23.9 Å². The number of aromatic amines is 1. The second-order valence-corrected chi connectivity index (χ2v) is 4.87. The maximum atomic E-state index is 12.0. The summed E-state index contributed by atoms with van der Waals surface area (Å²) in [6, 6.07) is 5.48. The van der Waals surface area contributed by atoms with Crippen LogP contribution >= 0.6 is 0 Å². The van der Waals surface area contributed by atoms with E-state index in [0.717, 1.165) is 5.56 Å². The largest absolute Gasteiger partial charge is 0.481 e. The SMILES string of the molecule is Cc1cccc2c(=O)[nH]c(CN(C)CCC(=O)O)nc12. The van der Waals surface area contributed by atoms with Gasteiger partial charge in [0.2, 0.25) is 0 Å². The van der Waals surface area contributed by atoms with Crippen LogP contribution in [0.4, 0.5) is 0 Å². The van der Waals surface area contributed by atoms with Crippen molar-refractivity contribution in [1.82, 2.24) is 14.9 Å². The molecule has 0 spiro atoms. The van der Waals surface area contributed by atoms with Gasteiger partial charge in [0, 0.05) is 6.54 Å². The highest BCUT2D eigenvalue weighted by Crippen LogP contribution is 2.12. The molecule has 6 nitrogen and oxygen atoms in total. The molecule has 0 fully saturated rings. The zero-order valence-corrected chi connectivity index (χ0v) is 11.5. The number of nitrogens with one attached hydrogen (secondary N) is 1. The van der Waals surface area contributed by atoms with E-state index in [2.05, 4.69) is 9.97 Å². The molecule has 0 atom stereocenters. The Labute approximate surface area is 116 Å². The minimum Gasteiger partial charge on any atom is -0.481 e. The van der Waals surface area contributed by atoms with Crippen LogP contribution < -0.4 is 5.56 Å². The fraction of sp³-hybridized carbons (Fsp3) is 0.357. The molecule has 1 aromatic heterocycles. The molecule has 0 aliphatic heterocycles. The lowest BCUT2D eigenvalue weighted by Gasteiger charge is -2.15. The zero-order valence-electron chi connectivity index (χ0n) is 11.5. The number of aliphatic carboxylic acids is 1. The van der Waals surface area contributed by atoms with Crippen LogP contribution in [0.2, 0.25) is 0 Å². The number of para-hydroxylation sites is 1. The molecule has 0 saturated heterocycles. The molecule has 0 unspecified atom stereocenters. The van der Waals surface area contributed by atoms with Crippen molar-refractivity contribution in [2.24, 2.45) is 0 Å². The molecular weight excluding hydrogens is 258 g/mol. The number of benzene rings is 1. The summed E-state index contributed by atoms with van der Waals surface area (Å²) >= 11 is 0. The Morgan fingerprint density at radius 2 is 2.20 bits per heavy atom. The first-order valence-corrected chi connectivity index (χ1v) is 6.36. The van der Waals surface area contributed by atoms with Crippen molar-refractivity contribution in [3.63, 3.8) is 0 Å². The Kier molecular flexibility index (Phi) is 4.14. The maximum absolute atomic E-state index is 12.0. The van der Waals surface area contributed by atoms with Crippen molar-refractivity contribution in [1.29, 1.82) is 0 Å². The molecular formula is C14H17N3O3. The van der Waals surface area contributed by atoms with Gasteiger partial charge in [-0.1, -0.05) is 12.1 Å². The van der Waals surface area contributed by atoms with Gasteiger partial charge < -0.3 is 10.1 Å². The first-order chi connectivity index (χ1) is 9.47. The summed E-state index contributed by atoms with van der Waals surface area (Å²) in [4.78, 5) is 31.5. The lowest BCUT2D eigenvalue weighted by molar-refractivity contribution is -0.137. The van der Waals surface area contributed by atoms with Gasteiger partial charge in [-0.15, -0.1) is 0 Å². The van der Waals surface area contributed by atoms with Gasteiger partial charge in [0.25, 0.3) is 5.56 Å². The van der Waals surface area contributed by atoms with E-state index in [1.54, 1.807) is 13.1 Å². The molecule has 20 heavy (non-hydrogen) atoms. The molecule has 0 aliphatic carbocycles. The van der Waals surface area contributed by atoms with E-state index in [0.29, 0.717) is 29.8 Å². The number of carboxylic acid groups (broad SMARTS) is 1. The number of carbonyl (C=O) groups is 1. The summed E-state index contributed by atoms with van der Waals surface area (Å²) in [6.45, 7) is 2.73. The van der Waals surface area contributed by atoms with Crippen molar-refractivity contribution < 1.29 is 9.90 Å². The number of rotatable bonds is 5. The van der Waals surface area contributed by atoms with E-state index in [1.165, 1.54) is 0 Å². The minimum absolute atomic E-state index is 0.0628. The van der Waals surface area contributed by atoms with Crippen molar-refractivity contribution in [3.05, 3.63) is 39.9 Å². The third-order valence-corrected chi connectivity index (χ3v) is 3.11. The normalized spacial score (nSPS) is 11.2. The number of nitrogens with zero attached hydrogens (tertiary/aromatic N) is 2. The predicted molar refractivity (Wildman–Crippen MR) is 75.7 cm³/mol. The Balaban J connectivity index is 2.25. The quantitative estimate of drug-likeness (QED) is 0.854. The summed E-state index contributed by atoms with van der Waals surface area (Å²) < 4.78 is 0. The van der Waals surface area contributed by atoms with E-state index >= 15 is 0 Å². The summed E-state index contributed by atoms with van der Waals surface area (Å²) in [7, 11) is 1.80. The highest BCUT2D eigenvalue weighted by atomic mass is 16.4. The summed E-state index contributed by atoms with van der Waals surface area (Å²) in [5.74, 6) is -0.294.